The molecule has 0 unspecified atom stereocenters. The summed E-state index contributed by atoms with van der Waals surface area (Å²) in [4.78, 5) is 25.6. The fourth-order valence-corrected chi connectivity index (χ4v) is 0. The van der Waals surface area contributed by atoms with Gasteiger partial charge < -0.3 is 20.7 Å². The summed E-state index contributed by atoms with van der Waals surface area (Å²) < 4.78 is 8.55. The van der Waals surface area contributed by atoms with Crippen LogP contribution in [0, 0.1) is 0 Å². The maximum Gasteiger partial charge on any atom is 1.00 e. The zero-order chi connectivity index (χ0) is 4.50. The SMILES string of the molecule is O=P([O-])([O-])[O-].[H+].[H-].[K+].[K+].[K+]. The second-order valence-electron chi connectivity index (χ2n) is 0.447. The fraction of sp³-hybridized carbons (Fsp3) is 0. The predicted octanol–water partition coefficient (Wildman–Crippen LogP) is -11.6. The van der Waals surface area contributed by atoms with Crippen LogP contribution in [0.3, 0.4) is 0 Å². The van der Waals surface area contributed by atoms with Crippen molar-refractivity contribution in [3.63, 3.8) is 0 Å². The Morgan fingerprint density at radius 2 is 1.12 bits per heavy atom. The van der Waals surface area contributed by atoms with Crippen molar-refractivity contribution in [1.29, 1.82) is 0 Å². The Balaban J connectivity index is -0.00000000800. The van der Waals surface area contributed by atoms with Crippen LogP contribution in [0.2, 0.25) is 0 Å². The topological polar surface area (TPSA) is 86.2 Å². The quantitative estimate of drug-likeness (QED) is 0.296. The molecule has 0 fully saturated rings. The van der Waals surface area contributed by atoms with Crippen molar-refractivity contribution in [3.05, 3.63) is 0 Å². The maximum absolute atomic E-state index is 8.55. The summed E-state index contributed by atoms with van der Waals surface area (Å²) in [6.07, 6.45) is 0. The average molecular weight is 214 g/mol. The van der Waals surface area contributed by atoms with Crippen molar-refractivity contribution in [3.8, 4) is 0 Å². The maximum atomic E-state index is 8.55. The molecule has 0 saturated heterocycles. The Hall–Kier alpha value is 5.02. The van der Waals surface area contributed by atoms with Gasteiger partial charge in [-0.2, -0.15) is 7.82 Å². The van der Waals surface area contributed by atoms with Crippen molar-refractivity contribution < 1.29 is 176 Å². The Labute approximate surface area is 178 Å². The third-order valence-electron chi connectivity index (χ3n) is 0. The molecule has 0 spiro atoms. The molecular formula is H2K3O4P. The molecule has 8 heteroatoms. The molecule has 0 amide bonds. The first-order chi connectivity index (χ1) is 2.00. The van der Waals surface area contributed by atoms with Crippen LogP contribution in [-0.4, -0.2) is 0 Å². The first-order valence-corrected chi connectivity index (χ1v) is 2.19. The molecule has 0 aliphatic heterocycles. The zero-order valence-corrected chi connectivity index (χ0v) is 15.3. The molecular weight excluding hydrogens is 212 g/mol. The first kappa shape index (κ1) is 23.1. The van der Waals surface area contributed by atoms with Crippen LogP contribution in [0.1, 0.15) is 2.85 Å². The third-order valence-corrected chi connectivity index (χ3v) is 0. The normalized spacial score (nSPS) is 7.38. The minimum absolute atomic E-state index is 0. The van der Waals surface area contributed by atoms with Crippen molar-refractivity contribution in [2.75, 3.05) is 0 Å². The van der Waals surface area contributed by atoms with Gasteiger partial charge in [0.2, 0.25) is 0 Å². The molecule has 0 heterocycles. The molecule has 0 bridgehead atoms. The van der Waals surface area contributed by atoms with E-state index in [1.54, 1.807) is 0 Å². The van der Waals surface area contributed by atoms with Gasteiger partial charge in [-0.05, 0) is 0 Å². The van der Waals surface area contributed by atoms with Gasteiger partial charge in [0.15, 0.2) is 0 Å². The van der Waals surface area contributed by atoms with Crippen molar-refractivity contribution in [2.45, 2.75) is 0 Å². The minimum atomic E-state index is -5.39. The fourth-order valence-electron chi connectivity index (χ4n) is 0. The molecule has 34 valence electrons. The van der Waals surface area contributed by atoms with Crippen LogP contribution in [0.4, 0.5) is 0 Å². The summed E-state index contributed by atoms with van der Waals surface area (Å²) in [5.74, 6) is 0. The third kappa shape index (κ3) is 43.9. The molecule has 0 aromatic carbocycles. The molecule has 0 aliphatic carbocycles. The van der Waals surface area contributed by atoms with E-state index in [-0.39, 0.29) is 157 Å². The van der Waals surface area contributed by atoms with Crippen LogP contribution in [-0.2, 0) is 4.57 Å². The van der Waals surface area contributed by atoms with E-state index in [1.165, 1.54) is 0 Å². The van der Waals surface area contributed by atoms with Crippen LogP contribution < -0.4 is 169 Å². The van der Waals surface area contributed by atoms with Crippen LogP contribution in [0.15, 0.2) is 0 Å². The number of phosphoric acid groups is 1. The number of hydrogen-bond donors (Lipinski definition) is 0. The van der Waals surface area contributed by atoms with Crippen molar-refractivity contribution >= 4 is 7.82 Å². The van der Waals surface area contributed by atoms with Crippen molar-refractivity contribution in [1.82, 2.24) is 0 Å². The van der Waals surface area contributed by atoms with E-state index in [0.717, 1.165) is 0 Å². The second kappa shape index (κ2) is 12.0. The van der Waals surface area contributed by atoms with E-state index in [0.29, 0.717) is 0 Å². The Morgan fingerprint density at radius 1 is 1.12 bits per heavy atom. The summed E-state index contributed by atoms with van der Waals surface area (Å²) in [5.41, 5.74) is 0. The predicted molar refractivity (Wildman–Crippen MR) is 9.83 cm³/mol. The molecule has 0 atom stereocenters. The van der Waals surface area contributed by atoms with Gasteiger partial charge in [-0.25, -0.2) is 0 Å². The first-order valence-electron chi connectivity index (χ1n) is 0.730. The second-order valence-corrected chi connectivity index (χ2v) is 1.34. The molecule has 0 radical (unpaired) electrons. The molecule has 0 aromatic rings. The van der Waals surface area contributed by atoms with E-state index in [2.05, 4.69) is 0 Å². The van der Waals surface area contributed by atoms with Crippen LogP contribution >= 0.6 is 7.82 Å². The van der Waals surface area contributed by atoms with E-state index in [1.807, 2.05) is 0 Å². The van der Waals surface area contributed by atoms with Gasteiger partial charge in [0.05, 0.1) is 0 Å². The Morgan fingerprint density at radius 3 is 1.12 bits per heavy atom. The van der Waals surface area contributed by atoms with Crippen LogP contribution in [0.25, 0.3) is 0 Å². The molecule has 8 heavy (non-hydrogen) atoms. The average Bonchev–Trinajstić information content (AvgIpc) is 0.722. The smallest absolute Gasteiger partial charge is 1.00 e. The molecule has 0 aliphatic rings. The number of hydrogen-bond acceptors (Lipinski definition) is 4. The van der Waals surface area contributed by atoms with Gasteiger partial charge in [-0.1, -0.05) is 0 Å². The summed E-state index contributed by atoms with van der Waals surface area (Å²) in [5, 5.41) is 0. The minimum Gasteiger partial charge on any atom is -1.00 e. The van der Waals surface area contributed by atoms with Gasteiger partial charge in [0.1, 0.15) is 0 Å². The Bertz CT molecular complexity index is 64.6. The standard InChI is InChI=1S/3K.H3O4P.H/c;;;1-5(2,3)4;/h;;;(H3,1,2,3,4);/q3*+1;;-1/p-2. The molecule has 0 N–H and O–H groups in total. The molecule has 0 saturated carbocycles. The zero-order valence-electron chi connectivity index (χ0n) is 7.08. The van der Waals surface area contributed by atoms with Crippen LogP contribution in [0.5, 0.6) is 0 Å². The van der Waals surface area contributed by atoms with Gasteiger partial charge in [-0.3, -0.25) is 0 Å². The van der Waals surface area contributed by atoms with Gasteiger partial charge >= 0.3 is 156 Å². The molecule has 0 rings (SSSR count). The van der Waals surface area contributed by atoms with E-state index in [4.69, 9.17) is 19.2 Å². The van der Waals surface area contributed by atoms with E-state index >= 15 is 0 Å². The van der Waals surface area contributed by atoms with Crippen molar-refractivity contribution in [2.24, 2.45) is 0 Å². The van der Waals surface area contributed by atoms with Gasteiger partial charge in [0.25, 0.3) is 0 Å². The largest absolute Gasteiger partial charge is 1.00 e. The summed E-state index contributed by atoms with van der Waals surface area (Å²) >= 11 is 0. The summed E-state index contributed by atoms with van der Waals surface area (Å²) in [6.45, 7) is 0. The van der Waals surface area contributed by atoms with E-state index in [9.17, 15) is 0 Å². The van der Waals surface area contributed by atoms with Gasteiger partial charge in [0, 0.05) is 0 Å². The van der Waals surface area contributed by atoms with Gasteiger partial charge in [-0.15, -0.1) is 0 Å². The monoisotopic (exact) mass is 214 g/mol. The summed E-state index contributed by atoms with van der Waals surface area (Å²) in [7, 11) is -5.39. The summed E-state index contributed by atoms with van der Waals surface area (Å²) in [6, 6.07) is 0. The number of rotatable bonds is 0. The Kier molecular flexibility index (Phi) is 34.7. The van der Waals surface area contributed by atoms with E-state index < -0.39 is 7.82 Å². The molecule has 0 aromatic heterocycles. The molecule has 4 nitrogen and oxygen atoms in total.